The van der Waals surface area contributed by atoms with Gasteiger partial charge < -0.3 is 9.47 Å². The van der Waals surface area contributed by atoms with E-state index in [1.165, 1.54) is 5.56 Å². The largest absolute Gasteiger partial charge is 0.342 e. The summed E-state index contributed by atoms with van der Waals surface area (Å²) in [5, 5.41) is 8.15. The van der Waals surface area contributed by atoms with Gasteiger partial charge in [0.25, 0.3) is 0 Å². The molecule has 3 rings (SSSR count). The summed E-state index contributed by atoms with van der Waals surface area (Å²) in [5.74, 6) is 1.54. The third-order valence-electron chi connectivity index (χ3n) is 4.36. The molecule has 22 heavy (non-hydrogen) atoms. The molecule has 2 aromatic rings. The Labute approximate surface area is 131 Å². The van der Waals surface area contributed by atoms with Crippen LogP contribution in [0.2, 0.25) is 0 Å². The number of likely N-dealkylation sites (tertiary alicyclic amines) is 1. The van der Waals surface area contributed by atoms with Crippen LogP contribution in [0.4, 0.5) is 0 Å². The molecule has 0 aliphatic carbocycles. The fraction of sp³-hybridized carbons (Fsp3) is 0.471. The first kappa shape index (κ1) is 14.8. The molecule has 1 fully saturated rings. The number of aromatic nitrogens is 3. The van der Waals surface area contributed by atoms with Crippen molar-refractivity contribution in [1.29, 1.82) is 0 Å². The van der Waals surface area contributed by atoms with Gasteiger partial charge in [-0.05, 0) is 24.8 Å². The lowest BCUT2D eigenvalue weighted by atomic mass is 9.96. The second kappa shape index (κ2) is 6.73. The van der Waals surface area contributed by atoms with Crippen LogP contribution in [0.15, 0.2) is 36.7 Å². The van der Waals surface area contributed by atoms with E-state index in [-0.39, 0.29) is 5.91 Å². The molecule has 1 aliphatic heterocycles. The highest BCUT2D eigenvalue weighted by atomic mass is 16.2. The first-order chi connectivity index (χ1) is 10.7. The van der Waals surface area contributed by atoms with E-state index in [9.17, 15) is 4.79 Å². The zero-order chi connectivity index (χ0) is 15.4. The van der Waals surface area contributed by atoms with Crippen LogP contribution in [0.5, 0.6) is 0 Å². The van der Waals surface area contributed by atoms with E-state index < -0.39 is 0 Å². The normalized spacial score (nSPS) is 18.4. The van der Waals surface area contributed by atoms with Crippen molar-refractivity contribution >= 4 is 5.91 Å². The highest BCUT2D eigenvalue weighted by molar-refractivity contribution is 5.76. The summed E-state index contributed by atoms with van der Waals surface area (Å²) in [7, 11) is 1.96. The molecule has 1 saturated heterocycles. The molecular formula is C17H22N4O. The number of piperidine rings is 1. The van der Waals surface area contributed by atoms with Crippen LogP contribution in [0.3, 0.4) is 0 Å². The van der Waals surface area contributed by atoms with Gasteiger partial charge in [-0.15, -0.1) is 10.2 Å². The number of aryl methyl sites for hydroxylation is 2. The van der Waals surface area contributed by atoms with Gasteiger partial charge in [0.15, 0.2) is 0 Å². The summed E-state index contributed by atoms with van der Waals surface area (Å²) in [6.07, 6.45) is 5.23. The van der Waals surface area contributed by atoms with E-state index >= 15 is 0 Å². The number of nitrogens with zero attached hydrogens (tertiary/aromatic N) is 4. The zero-order valence-electron chi connectivity index (χ0n) is 13.0. The summed E-state index contributed by atoms with van der Waals surface area (Å²) in [5.41, 5.74) is 1.22. The van der Waals surface area contributed by atoms with Gasteiger partial charge in [-0.2, -0.15) is 0 Å². The Morgan fingerprint density at radius 1 is 1.32 bits per heavy atom. The molecule has 0 spiro atoms. The molecule has 2 heterocycles. The molecule has 0 N–H and O–H groups in total. The molecule has 0 saturated carbocycles. The van der Waals surface area contributed by atoms with Crippen LogP contribution in [0, 0.1) is 0 Å². The Kier molecular flexibility index (Phi) is 4.51. The lowest BCUT2D eigenvalue weighted by Gasteiger charge is -2.32. The van der Waals surface area contributed by atoms with E-state index in [0.29, 0.717) is 12.3 Å². The lowest BCUT2D eigenvalue weighted by Crippen LogP contribution is -2.39. The number of hydrogen-bond donors (Lipinski definition) is 0. The SMILES string of the molecule is Cn1cnnc1C1CCCN(C(=O)CCc2ccccc2)C1. The van der Waals surface area contributed by atoms with Crippen LogP contribution in [-0.2, 0) is 18.3 Å². The van der Waals surface area contributed by atoms with Crippen molar-refractivity contribution < 1.29 is 4.79 Å². The van der Waals surface area contributed by atoms with Gasteiger partial charge in [0.1, 0.15) is 12.2 Å². The van der Waals surface area contributed by atoms with Crippen LogP contribution in [0.1, 0.15) is 36.6 Å². The molecule has 1 atom stereocenters. The van der Waals surface area contributed by atoms with Gasteiger partial charge in [0, 0.05) is 32.5 Å². The highest BCUT2D eigenvalue weighted by Gasteiger charge is 2.27. The van der Waals surface area contributed by atoms with Crippen LogP contribution in [0.25, 0.3) is 0 Å². The summed E-state index contributed by atoms with van der Waals surface area (Å²) < 4.78 is 1.96. The van der Waals surface area contributed by atoms with E-state index in [0.717, 1.165) is 38.2 Å². The molecule has 1 unspecified atom stereocenters. The third kappa shape index (κ3) is 3.35. The summed E-state index contributed by atoms with van der Waals surface area (Å²) in [6, 6.07) is 10.2. The highest BCUT2D eigenvalue weighted by Crippen LogP contribution is 2.25. The van der Waals surface area contributed by atoms with Crippen molar-refractivity contribution in [3.63, 3.8) is 0 Å². The molecule has 5 nitrogen and oxygen atoms in total. The fourth-order valence-electron chi connectivity index (χ4n) is 3.13. The number of carbonyl (C=O) groups excluding carboxylic acids is 1. The molecular weight excluding hydrogens is 276 g/mol. The minimum Gasteiger partial charge on any atom is -0.342 e. The maximum Gasteiger partial charge on any atom is 0.222 e. The predicted octanol–water partition coefficient (Wildman–Crippen LogP) is 2.15. The Morgan fingerprint density at radius 3 is 2.86 bits per heavy atom. The quantitative estimate of drug-likeness (QED) is 0.869. The van der Waals surface area contributed by atoms with E-state index in [2.05, 4.69) is 22.3 Å². The monoisotopic (exact) mass is 298 g/mol. The summed E-state index contributed by atoms with van der Waals surface area (Å²) in [4.78, 5) is 14.4. The number of rotatable bonds is 4. The number of amides is 1. The average molecular weight is 298 g/mol. The van der Waals surface area contributed by atoms with Crippen molar-refractivity contribution in [2.75, 3.05) is 13.1 Å². The number of benzene rings is 1. The van der Waals surface area contributed by atoms with Crippen LogP contribution < -0.4 is 0 Å². The molecule has 1 amide bonds. The molecule has 1 aromatic heterocycles. The second-order valence-corrected chi connectivity index (χ2v) is 5.96. The molecule has 5 heteroatoms. The maximum atomic E-state index is 12.5. The van der Waals surface area contributed by atoms with Gasteiger partial charge in [-0.25, -0.2) is 0 Å². The first-order valence-electron chi connectivity index (χ1n) is 7.89. The Morgan fingerprint density at radius 2 is 2.14 bits per heavy atom. The topological polar surface area (TPSA) is 51.0 Å². The van der Waals surface area contributed by atoms with Crippen molar-refractivity contribution in [3.8, 4) is 0 Å². The minimum atomic E-state index is 0.246. The predicted molar refractivity (Wildman–Crippen MR) is 84.3 cm³/mol. The maximum absolute atomic E-state index is 12.5. The van der Waals surface area contributed by atoms with E-state index in [1.54, 1.807) is 6.33 Å². The first-order valence-corrected chi connectivity index (χ1v) is 7.89. The third-order valence-corrected chi connectivity index (χ3v) is 4.36. The lowest BCUT2D eigenvalue weighted by molar-refractivity contribution is -0.132. The van der Waals surface area contributed by atoms with Crippen molar-refractivity contribution in [2.24, 2.45) is 7.05 Å². The van der Waals surface area contributed by atoms with Crippen molar-refractivity contribution in [3.05, 3.63) is 48.0 Å². The Balaban J connectivity index is 1.57. The molecule has 116 valence electrons. The van der Waals surface area contributed by atoms with Gasteiger partial charge >= 0.3 is 0 Å². The van der Waals surface area contributed by atoms with Crippen LogP contribution >= 0.6 is 0 Å². The molecule has 0 bridgehead atoms. The van der Waals surface area contributed by atoms with Crippen molar-refractivity contribution in [2.45, 2.75) is 31.6 Å². The standard InChI is InChI=1S/C17H22N4O/c1-20-13-18-19-17(20)15-8-5-11-21(12-15)16(22)10-9-14-6-3-2-4-7-14/h2-4,6-7,13,15H,5,8-12H2,1H3. The smallest absolute Gasteiger partial charge is 0.222 e. The number of carbonyl (C=O) groups is 1. The van der Waals surface area contributed by atoms with Gasteiger partial charge in [0.2, 0.25) is 5.91 Å². The zero-order valence-corrected chi connectivity index (χ0v) is 13.0. The number of hydrogen-bond acceptors (Lipinski definition) is 3. The summed E-state index contributed by atoms with van der Waals surface area (Å²) >= 11 is 0. The molecule has 1 aromatic carbocycles. The van der Waals surface area contributed by atoms with Gasteiger partial charge in [-0.1, -0.05) is 30.3 Å². The van der Waals surface area contributed by atoms with E-state index in [1.807, 2.05) is 34.7 Å². The molecule has 1 aliphatic rings. The average Bonchev–Trinajstić information content (AvgIpc) is 3.00. The second-order valence-electron chi connectivity index (χ2n) is 5.96. The van der Waals surface area contributed by atoms with Gasteiger partial charge in [-0.3, -0.25) is 4.79 Å². The van der Waals surface area contributed by atoms with Crippen molar-refractivity contribution in [1.82, 2.24) is 19.7 Å². The van der Waals surface area contributed by atoms with Gasteiger partial charge in [0.05, 0.1) is 0 Å². The van der Waals surface area contributed by atoms with E-state index in [4.69, 9.17) is 0 Å². The fourth-order valence-corrected chi connectivity index (χ4v) is 3.13. The Hall–Kier alpha value is -2.17. The summed E-state index contributed by atoms with van der Waals surface area (Å²) in [6.45, 7) is 1.63. The minimum absolute atomic E-state index is 0.246. The molecule has 0 radical (unpaired) electrons. The van der Waals surface area contributed by atoms with Crippen LogP contribution in [-0.4, -0.2) is 38.7 Å². The Bertz CT molecular complexity index is 623.